The highest BCUT2D eigenvalue weighted by atomic mass is 32.1. The molecule has 2 amide bonds. The Morgan fingerprint density at radius 2 is 2.37 bits per heavy atom. The highest BCUT2D eigenvalue weighted by Crippen LogP contribution is 2.14. The molecule has 0 spiro atoms. The Morgan fingerprint density at radius 1 is 1.53 bits per heavy atom. The summed E-state index contributed by atoms with van der Waals surface area (Å²) >= 11 is 1.70. The van der Waals surface area contributed by atoms with Crippen LogP contribution in [0.5, 0.6) is 0 Å². The average Bonchev–Trinajstić information content (AvgIpc) is 2.98. The number of aromatic nitrogens is 2. The Kier molecular flexibility index (Phi) is 4.57. The number of rotatable bonds is 5. The molecule has 2 rings (SSSR count). The summed E-state index contributed by atoms with van der Waals surface area (Å²) in [6.45, 7) is 5.31. The van der Waals surface area contributed by atoms with E-state index < -0.39 is 0 Å². The fourth-order valence-electron chi connectivity index (χ4n) is 1.78. The van der Waals surface area contributed by atoms with Gasteiger partial charge < -0.3 is 15.2 Å². The summed E-state index contributed by atoms with van der Waals surface area (Å²) in [7, 11) is 0. The largest absolute Gasteiger partial charge is 0.335 e. The average molecular weight is 278 g/mol. The first-order valence-corrected chi connectivity index (χ1v) is 7.00. The molecule has 102 valence electrons. The molecule has 1 atom stereocenters. The van der Waals surface area contributed by atoms with Gasteiger partial charge in [0.2, 0.25) is 0 Å². The molecule has 0 bridgehead atoms. The van der Waals surface area contributed by atoms with E-state index in [0.717, 1.165) is 4.88 Å². The van der Waals surface area contributed by atoms with Crippen LogP contribution in [0.2, 0.25) is 0 Å². The number of amides is 2. The molecule has 19 heavy (non-hydrogen) atoms. The van der Waals surface area contributed by atoms with E-state index in [-0.39, 0.29) is 12.1 Å². The van der Waals surface area contributed by atoms with Gasteiger partial charge >= 0.3 is 6.03 Å². The number of carbonyl (C=O) groups is 1. The maximum atomic E-state index is 11.7. The van der Waals surface area contributed by atoms with Gasteiger partial charge in [0.1, 0.15) is 0 Å². The number of nitrogens with zero attached hydrogens (tertiary/aromatic N) is 2. The van der Waals surface area contributed by atoms with Crippen molar-refractivity contribution in [2.24, 2.45) is 0 Å². The first-order valence-electron chi connectivity index (χ1n) is 6.19. The fraction of sp³-hybridized carbons (Fsp3) is 0.385. The molecule has 0 aromatic carbocycles. The van der Waals surface area contributed by atoms with Gasteiger partial charge in [-0.15, -0.1) is 11.3 Å². The second-order valence-electron chi connectivity index (χ2n) is 4.50. The first kappa shape index (κ1) is 13.6. The van der Waals surface area contributed by atoms with Crippen molar-refractivity contribution in [2.45, 2.75) is 33.0 Å². The number of nitrogens with one attached hydrogen (secondary N) is 2. The van der Waals surface area contributed by atoms with Crippen LogP contribution in [-0.2, 0) is 13.1 Å². The molecular weight excluding hydrogens is 260 g/mol. The van der Waals surface area contributed by atoms with Crippen molar-refractivity contribution < 1.29 is 4.79 Å². The van der Waals surface area contributed by atoms with Crippen molar-refractivity contribution in [1.82, 2.24) is 20.2 Å². The quantitative estimate of drug-likeness (QED) is 0.880. The summed E-state index contributed by atoms with van der Waals surface area (Å²) in [5, 5.41) is 5.76. The molecule has 0 unspecified atom stereocenters. The molecule has 2 aromatic rings. The molecule has 0 saturated carbocycles. The lowest BCUT2D eigenvalue weighted by Gasteiger charge is -2.14. The van der Waals surface area contributed by atoms with Gasteiger partial charge in [0, 0.05) is 34.7 Å². The van der Waals surface area contributed by atoms with Crippen molar-refractivity contribution in [3.05, 3.63) is 40.6 Å². The number of thiophene rings is 1. The third-order valence-electron chi connectivity index (χ3n) is 2.64. The van der Waals surface area contributed by atoms with Gasteiger partial charge in [-0.2, -0.15) is 0 Å². The minimum absolute atomic E-state index is 0.0549. The molecule has 0 saturated heterocycles. The number of urea groups is 1. The number of hydrogen-bond acceptors (Lipinski definition) is 3. The predicted molar refractivity (Wildman–Crippen MR) is 76.1 cm³/mol. The second-order valence-corrected chi connectivity index (χ2v) is 5.87. The molecule has 0 radical (unpaired) electrons. The third kappa shape index (κ3) is 4.40. The smallest absolute Gasteiger partial charge is 0.315 e. The van der Waals surface area contributed by atoms with E-state index in [2.05, 4.69) is 28.6 Å². The van der Waals surface area contributed by atoms with Crippen LogP contribution in [0.4, 0.5) is 4.79 Å². The van der Waals surface area contributed by atoms with Crippen molar-refractivity contribution in [3.8, 4) is 0 Å². The maximum Gasteiger partial charge on any atom is 0.315 e. The fourth-order valence-corrected chi connectivity index (χ4v) is 2.61. The summed E-state index contributed by atoms with van der Waals surface area (Å²) in [6.07, 6.45) is 5.35. The third-order valence-corrected chi connectivity index (χ3v) is 3.64. The van der Waals surface area contributed by atoms with Crippen LogP contribution >= 0.6 is 11.3 Å². The number of imidazole rings is 1. The Morgan fingerprint density at radius 3 is 3.00 bits per heavy atom. The Balaban J connectivity index is 1.71. The molecule has 0 aliphatic rings. The molecule has 0 aliphatic carbocycles. The molecule has 6 heteroatoms. The molecule has 0 aliphatic heterocycles. The van der Waals surface area contributed by atoms with E-state index in [0.29, 0.717) is 13.1 Å². The zero-order valence-electron chi connectivity index (χ0n) is 11.1. The lowest BCUT2D eigenvalue weighted by molar-refractivity contribution is 0.236. The lowest BCUT2D eigenvalue weighted by Crippen LogP contribution is -2.42. The van der Waals surface area contributed by atoms with Crippen LogP contribution in [0, 0.1) is 6.92 Å². The van der Waals surface area contributed by atoms with Crippen molar-refractivity contribution in [3.63, 3.8) is 0 Å². The first-order chi connectivity index (χ1) is 9.13. The van der Waals surface area contributed by atoms with E-state index in [9.17, 15) is 4.79 Å². The van der Waals surface area contributed by atoms with E-state index in [4.69, 9.17) is 0 Å². The predicted octanol–water partition coefficient (Wildman–Crippen LogP) is 2.14. The Bertz CT molecular complexity index is 520. The summed E-state index contributed by atoms with van der Waals surface area (Å²) in [4.78, 5) is 18.1. The Hall–Kier alpha value is -1.82. The SMILES string of the molecule is Cc1ccc(CNC(=O)N[C@H](C)Cn2ccnc2)s1. The molecule has 5 nitrogen and oxygen atoms in total. The highest BCUT2D eigenvalue weighted by Gasteiger charge is 2.07. The molecule has 2 aromatic heterocycles. The number of hydrogen-bond donors (Lipinski definition) is 2. The number of aryl methyl sites for hydroxylation is 1. The van der Waals surface area contributed by atoms with Crippen molar-refractivity contribution >= 4 is 17.4 Å². The monoisotopic (exact) mass is 278 g/mol. The van der Waals surface area contributed by atoms with E-state index >= 15 is 0 Å². The lowest BCUT2D eigenvalue weighted by atomic mass is 10.3. The topological polar surface area (TPSA) is 59.0 Å². The molecule has 0 fully saturated rings. The van der Waals surface area contributed by atoms with Crippen molar-refractivity contribution in [2.75, 3.05) is 0 Å². The van der Waals surface area contributed by atoms with Gasteiger partial charge in [-0.05, 0) is 26.0 Å². The minimum Gasteiger partial charge on any atom is -0.335 e. The zero-order chi connectivity index (χ0) is 13.7. The molecule has 2 N–H and O–H groups in total. The van der Waals surface area contributed by atoms with Gasteiger partial charge in [0.05, 0.1) is 12.9 Å². The zero-order valence-corrected chi connectivity index (χ0v) is 11.9. The van der Waals surface area contributed by atoms with Gasteiger partial charge in [0.25, 0.3) is 0 Å². The van der Waals surface area contributed by atoms with Crippen LogP contribution in [0.25, 0.3) is 0 Å². The van der Waals surface area contributed by atoms with E-state index in [1.54, 1.807) is 23.9 Å². The van der Waals surface area contributed by atoms with Crippen LogP contribution in [0.1, 0.15) is 16.7 Å². The van der Waals surface area contributed by atoms with Gasteiger partial charge in [0.15, 0.2) is 0 Å². The second kappa shape index (κ2) is 6.38. The van der Waals surface area contributed by atoms with Crippen LogP contribution in [0.15, 0.2) is 30.9 Å². The van der Waals surface area contributed by atoms with E-state index in [1.165, 1.54) is 4.88 Å². The summed E-state index contributed by atoms with van der Waals surface area (Å²) in [5.41, 5.74) is 0. The van der Waals surface area contributed by atoms with Crippen LogP contribution in [-0.4, -0.2) is 21.6 Å². The molecular formula is C13H18N4OS. The summed E-state index contributed by atoms with van der Waals surface area (Å²) in [5.74, 6) is 0. The normalized spacial score (nSPS) is 12.1. The number of carbonyl (C=O) groups excluding carboxylic acids is 1. The van der Waals surface area contributed by atoms with Gasteiger partial charge in [-0.3, -0.25) is 0 Å². The van der Waals surface area contributed by atoms with E-state index in [1.807, 2.05) is 23.8 Å². The summed E-state index contributed by atoms with van der Waals surface area (Å²) < 4.78 is 1.94. The maximum absolute atomic E-state index is 11.7. The van der Waals surface area contributed by atoms with Crippen LogP contribution < -0.4 is 10.6 Å². The standard InChI is InChI=1S/C13H18N4OS/c1-10(8-17-6-5-14-9-17)16-13(18)15-7-12-4-3-11(2)19-12/h3-6,9-10H,7-8H2,1-2H3,(H2,15,16,18)/t10-/m1/s1. The van der Waals surface area contributed by atoms with Crippen LogP contribution in [0.3, 0.4) is 0 Å². The minimum atomic E-state index is -0.140. The Labute approximate surface area is 116 Å². The van der Waals surface area contributed by atoms with Gasteiger partial charge in [-0.25, -0.2) is 9.78 Å². The molecule has 2 heterocycles. The summed E-state index contributed by atoms with van der Waals surface area (Å²) in [6, 6.07) is 4.01. The van der Waals surface area contributed by atoms with Crippen molar-refractivity contribution in [1.29, 1.82) is 0 Å². The van der Waals surface area contributed by atoms with Gasteiger partial charge in [-0.1, -0.05) is 0 Å². The highest BCUT2D eigenvalue weighted by molar-refractivity contribution is 7.11.